The van der Waals surface area contributed by atoms with Gasteiger partial charge in [-0.2, -0.15) is 13.2 Å². The molecule has 2 aromatic heterocycles. The van der Waals surface area contributed by atoms with E-state index in [1.807, 2.05) is 0 Å². The van der Waals surface area contributed by atoms with Crippen molar-refractivity contribution in [2.45, 2.75) is 18.0 Å². The van der Waals surface area contributed by atoms with Gasteiger partial charge < -0.3 is 0 Å². The highest BCUT2D eigenvalue weighted by molar-refractivity contribution is 7.91. The highest BCUT2D eigenvalue weighted by Crippen LogP contribution is 2.29. The van der Waals surface area contributed by atoms with Crippen molar-refractivity contribution < 1.29 is 26.4 Å². The van der Waals surface area contributed by atoms with Crippen molar-refractivity contribution in [3.8, 4) is 0 Å². The maximum Gasteiger partial charge on any atom is 0.417 e. The van der Waals surface area contributed by atoms with Crippen LogP contribution in [0.1, 0.15) is 22.8 Å². The molecular weight excluding hydrogens is 359 g/mol. The summed E-state index contributed by atoms with van der Waals surface area (Å²) in [5.74, 6) is -0.988. The van der Waals surface area contributed by atoms with Crippen LogP contribution in [0.3, 0.4) is 0 Å². The van der Waals surface area contributed by atoms with Crippen LogP contribution in [0, 0.1) is 0 Å². The number of halogens is 3. The minimum absolute atomic E-state index is 0.0466. The van der Waals surface area contributed by atoms with Crippen molar-refractivity contribution in [3.63, 3.8) is 0 Å². The second-order valence-corrected chi connectivity index (χ2v) is 7.29. The fraction of sp³-hybridized carbons (Fsp3) is 0.267. The number of sulfone groups is 1. The Morgan fingerprint density at radius 2 is 1.88 bits per heavy atom. The van der Waals surface area contributed by atoms with Crippen LogP contribution in [0.5, 0.6) is 0 Å². The normalized spacial score (nSPS) is 12.0. The molecule has 25 heavy (non-hydrogen) atoms. The summed E-state index contributed by atoms with van der Waals surface area (Å²) >= 11 is 0. The summed E-state index contributed by atoms with van der Waals surface area (Å²) < 4.78 is 61.9. The minimum Gasteiger partial charge on any atom is -0.296 e. The largest absolute Gasteiger partial charge is 0.417 e. The standard InChI is InChI=1S/C15H14F3N3O3S/c1-3-25(23,24)12-9-19-7-6-11(12)14(22)21(2)13-5-4-10(8-20-13)15(16,17)18/h4-9H,3H2,1-2H3. The van der Waals surface area contributed by atoms with Crippen molar-refractivity contribution in [2.75, 3.05) is 17.7 Å². The fourth-order valence-corrected chi connectivity index (χ4v) is 3.02. The van der Waals surface area contributed by atoms with Crippen LogP contribution in [0.4, 0.5) is 19.0 Å². The van der Waals surface area contributed by atoms with E-state index in [9.17, 15) is 26.4 Å². The van der Waals surface area contributed by atoms with Crippen molar-refractivity contribution in [1.29, 1.82) is 0 Å². The van der Waals surface area contributed by atoms with Crippen LogP contribution in [0.2, 0.25) is 0 Å². The highest BCUT2D eigenvalue weighted by Gasteiger charge is 2.31. The van der Waals surface area contributed by atoms with Crippen LogP contribution >= 0.6 is 0 Å². The molecule has 0 unspecified atom stereocenters. The van der Waals surface area contributed by atoms with E-state index >= 15 is 0 Å². The number of carbonyl (C=O) groups is 1. The number of rotatable bonds is 4. The molecule has 0 aliphatic carbocycles. The number of alkyl halides is 3. The van der Waals surface area contributed by atoms with E-state index in [-0.39, 0.29) is 22.0 Å². The summed E-state index contributed by atoms with van der Waals surface area (Å²) in [5.41, 5.74) is -1.07. The molecule has 134 valence electrons. The van der Waals surface area contributed by atoms with Crippen molar-refractivity contribution in [2.24, 2.45) is 0 Å². The lowest BCUT2D eigenvalue weighted by atomic mass is 10.2. The average Bonchev–Trinajstić information content (AvgIpc) is 2.59. The second-order valence-electron chi connectivity index (χ2n) is 5.04. The summed E-state index contributed by atoms with van der Waals surface area (Å²) in [6, 6.07) is 3.07. The molecule has 0 aromatic carbocycles. The van der Waals surface area contributed by atoms with E-state index in [1.165, 1.54) is 26.2 Å². The molecule has 2 heterocycles. The lowest BCUT2D eigenvalue weighted by Crippen LogP contribution is -2.29. The summed E-state index contributed by atoms with van der Waals surface area (Å²) in [6.07, 6.45) is -1.60. The van der Waals surface area contributed by atoms with Gasteiger partial charge in [-0.05, 0) is 18.2 Å². The summed E-state index contributed by atoms with van der Waals surface area (Å²) in [7, 11) is -2.40. The Morgan fingerprint density at radius 1 is 1.20 bits per heavy atom. The zero-order chi connectivity index (χ0) is 18.8. The Balaban J connectivity index is 2.39. The van der Waals surface area contributed by atoms with Gasteiger partial charge in [-0.25, -0.2) is 13.4 Å². The number of pyridine rings is 2. The van der Waals surface area contributed by atoms with Crippen molar-refractivity contribution in [3.05, 3.63) is 47.9 Å². The first kappa shape index (κ1) is 18.8. The predicted octanol–water partition coefficient (Wildman–Crippen LogP) is 2.57. The third-order valence-corrected chi connectivity index (χ3v) is 5.21. The highest BCUT2D eigenvalue weighted by atomic mass is 32.2. The summed E-state index contributed by atoms with van der Waals surface area (Å²) in [4.78, 5) is 20.7. The van der Waals surface area contributed by atoms with Crippen LogP contribution in [0.25, 0.3) is 0 Å². The van der Waals surface area contributed by atoms with E-state index in [0.29, 0.717) is 6.20 Å². The van der Waals surface area contributed by atoms with E-state index in [2.05, 4.69) is 9.97 Å². The van der Waals surface area contributed by atoms with Crippen LogP contribution in [-0.2, 0) is 16.0 Å². The van der Waals surface area contributed by atoms with E-state index in [1.54, 1.807) is 0 Å². The van der Waals surface area contributed by atoms with Gasteiger partial charge in [0.25, 0.3) is 5.91 Å². The molecule has 2 aromatic rings. The Bertz CT molecular complexity index is 881. The van der Waals surface area contributed by atoms with Crippen molar-refractivity contribution in [1.82, 2.24) is 9.97 Å². The molecule has 0 bridgehead atoms. The molecule has 0 spiro atoms. The first-order valence-electron chi connectivity index (χ1n) is 7.06. The number of hydrogen-bond donors (Lipinski definition) is 0. The van der Waals surface area contributed by atoms with Gasteiger partial charge in [0.2, 0.25) is 0 Å². The molecule has 0 N–H and O–H groups in total. The lowest BCUT2D eigenvalue weighted by molar-refractivity contribution is -0.137. The van der Waals surface area contributed by atoms with Crippen LogP contribution in [0.15, 0.2) is 41.7 Å². The number of amides is 1. The second kappa shape index (κ2) is 6.79. The zero-order valence-electron chi connectivity index (χ0n) is 13.3. The Morgan fingerprint density at radius 3 is 2.40 bits per heavy atom. The smallest absolute Gasteiger partial charge is 0.296 e. The molecule has 0 saturated carbocycles. The van der Waals surface area contributed by atoms with Gasteiger partial charge in [-0.3, -0.25) is 14.7 Å². The molecule has 0 radical (unpaired) electrons. The topological polar surface area (TPSA) is 80.2 Å². The third kappa shape index (κ3) is 3.95. The van der Waals surface area contributed by atoms with Gasteiger partial charge in [0.05, 0.1) is 21.8 Å². The number of hydrogen-bond acceptors (Lipinski definition) is 5. The first-order valence-corrected chi connectivity index (χ1v) is 8.71. The van der Waals surface area contributed by atoms with Crippen molar-refractivity contribution >= 4 is 21.6 Å². The maximum atomic E-state index is 12.6. The van der Waals surface area contributed by atoms with Gasteiger partial charge in [0, 0.05) is 25.6 Å². The van der Waals surface area contributed by atoms with Gasteiger partial charge in [-0.1, -0.05) is 6.92 Å². The number of aromatic nitrogens is 2. The van der Waals surface area contributed by atoms with Gasteiger partial charge >= 0.3 is 6.18 Å². The molecule has 1 amide bonds. The lowest BCUT2D eigenvalue weighted by Gasteiger charge is -2.18. The molecule has 2 rings (SSSR count). The molecule has 10 heteroatoms. The SMILES string of the molecule is CCS(=O)(=O)c1cnccc1C(=O)N(C)c1ccc(C(F)(F)F)cn1. The van der Waals surface area contributed by atoms with Gasteiger partial charge in [0.15, 0.2) is 9.84 Å². The fourth-order valence-electron chi connectivity index (χ4n) is 2.00. The molecule has 0 aliphatic heterocycles. The van der Waals surface area contributed by atoms with Crippen LogP contribution in [-0.4, -0.2) is 37.1 Å². The van der Waals surface area contributed by atoms with Crippen LogP contribution < -0.4 is 4.90 Å². The molecule has 6 nitrogen and oxygen atoms in total. The van der Waals surface area contributed by atoms with E-state index in [0.717, 1.165) is 23.2 Å². The number of carbonyl (C=O) groups excluding carboxylic acids is 1. The minimum atomic E-state index is -4.54. The Hall–Kier alpha value is -2.49. The first-order chi connectivity index (χ1) is 11.6. The van der Waals surface area contributed by atoms with Gasteiger partial charge in [-0.15, -0.1) is 0 Å². The third-order valence-electron chi connectivity index (χ3n) is 3.45. The molecule has 0 aliphatic rings. The molecule has 0 fully saturated rings. The van der Waals surface area contributed by atoms with Gasteiger partial charge in [0.1, 0.15) is 5.82 Å². The molecule has 0 saturated heterocycles. The molecular formula is C15H14F3N3O3S. The number of anilines is 1. The van der Waals surface area contributed by atoms with E-state index in [4.69, 9.17) is 0 Å². The summed E-state index contributed by atoms with van der Waals surface area (Å²) in [5, 5.41) is 0. The monoisotopic (exact) mass is 373 g/mol. The Labute approximate surface area is 142 Å². The predicted molar refractivity (Wildman–Crippen MR) is 83.9 cm³/mol. The summed E-state index contributed by atoms with van der Waals surface area (Å²) in [6.45, 7) is 1.43. The quantitative estimate of drug-likeness (QED) is 0.823. The number of nitrogens with zero attached hydrogens (tertiary/aromatic N) is 3. The maximum absolute atomic E-state index is 12.6. The average molecular weight is 373 g/mol. The Kier molecular flexibility index (Phi) is 5.12. The molecule has 0 atom stereocenters. The van der Waals surface area contributed by atoms with E-state index < -0.39 is 27.5 Å². The zero-order valence-corrected chi connectivity index (χ0v) is 14.1.